The Bertz CT molecular complexity index is 960. The van der Waals surface area contributed by atoms with Crippen LogP contribution in [0.5, 0.6) is 0 Å². The summed E-state index contributed by atoms with van der Waals surface area (Å²) in [6.45, 7) is 2.28. The van der Waals surface area contributed by atoms with Crippen molar-refractivity contribution in [3.63, 3.8) is 0 Å². The monoisotopic (exact) mass is 334 g/mol. The van der Waals surface area contributed by atoms with Crippen LogP contribution >= 0.6 is 0 Å². The number of hydrogen-bond acceptors (Lipinski definition) is 0. The summed E-state index contributed by atoms with van der Waals surface area (Å²) in [7, 11) is 0. The lowest BCUT2D eigenvalue weighted by atomic mass is 9.80. The summed E-state index contributed by atoms with van der Waals surface area (Å²) in [6.07, 6.45) is 9.26. The number of hydrogen-bond donors (Lipinski definition) is 0. The molecule has 3 aromatic rings. The summed E-state index contributed by atoms with van der Waals surface area (Å²) in [5, 5.41) is 0. The molecule has 0 aromatic heterocycles. The Balaban J connectivity index is 1.88. The lowest BCUT2D eigenvalue weighted by Gasteiger charge is -2.23. The highest BCUT2D eigenvalue weighted by Gasteiger charge is 2.23. The fraction of sp³-hybridized carbons (Fsp3) is 0.0769. The molecule has 1 atom stereocenters. The van der Waals surface area contributed by atoms with Crippen molar-refractivity contribution in [1.29, 1.82) is 0 Å². The number of rotatable bonds is 3. The lowest BCUT2D eigenvalue weighted by molar-refractivity contribution is 0.761. The molecule has 0 spiro atoms. The molecule has 0 radical (unpaired) electrons. The predicted octanol–water partition coefficient (Wildman–Crippen LogP) is 6.68. The normalized spacial score (nSPS) is 19.4. The first-order valence-electron chi connectivity index (χ1n) is 9.05. The largest absolute Gasteiger partial charge is 0.0698 e. The van der Waals surface area contributed by atoms with E-state index in [1.807, 2.05) is 0 Å². The molecule has 1 aliphatic rings. The zero-order valence-corrected chi connectivity index (χ0v) is 15.0. The molecule has 4 rings (SSSR count). The Labute approximate surface area is 155 Å². The maximum absolute atomic E-state index is 2.38. The van der Waals surface area contributed by atoms with Gasteiger partial charge in [0.25, 0.3) is 0 Å². The smallest absolute Gasteiger partial charge is 0.0296 e. The highest BCUT2D eigenvalue weighted by molar-refractivity contribution is 5.89. The highest BCUT2D eigenvalue weighted by atomic mass is 14.3. The zero-order chi connectivity index (χ0) is 17.8. The van der Waals surface area contributed by atoms with Gasteiger partial charge in [-0.25, -0.2) is 0 Å². The first-order chi connectivity index (χ1) is 12.7. The molecule has 3 aromatic carbocycles. The van der Waals surface area contributed by atoms with Gasteiger partial charge in [-0.1, -0.05) is 109 Å². The van der Waals surface area contributed by atoms with Crippen molar-refractivity contribution in [2.75, 3.05) is 0 Å². The van der Waals surface area contributed by atoms with Gasteiger partial charge in [0.1, 0.15) is 0 Å². The second-order valence-corrected chi connectivity index (χ2v) is 6.91. The quantitative estimate of drug-likeness (QED) is 0.501. The van der Waals surface area contributed by atoms with Crippen molar-refractivity contribution in [1.82, 2.24) is 0 Å². The van der Waals surface area contributed by atoms with Gasteiger partial charge in [-0.05, 0) is 40.8 Å². The fourth-order valence-electron chi connectivity index (χ4n) is 3.48. The molecule has 0 fully saturated rings. The van der Waals surface area contributed by atoms with Crippen LogP contribution in [0.3, 0.4) is 0 Å². The summed E-state index contributed by atoms with van der Waals surface area (Å²) < 4.78 is 0. The fourth-order valence-corrected chi connectivity index (χ4v) is 3.48. The second-order valence-electron chi connectivity index (χ2n) is 6.91. The topological polar surface area (TPSA) is 0 Å². The van der Waals surface area contributed by atoms with E-state index in [1.165, 1.54) is 27.8 Å². The van der Waals surface area contributed by atoms with E-state index in [2.05, 4.69) is 122 Å². The third kappa shape index (κ3) is 3.32. The molecule has 0 aliphatic heterocycles. The molecule has 0 saturated heterocycles. The van der Waals surface area contributed by atoms with E-state index >= 15 is 0 Å². The molecule has 0 bridgehead atoms. The van der Waals surface area contributed by atoms with E-state index in [-0.39, 0.29) is 5.41 Å². The SMILES string of the molecule is CC1(c2ccccc2)C=CC(c2ccccc2)=CC(c2ccccc2)=C1. The molecule has 1 aliphatic carbocycles. The summed E-state index contributed by atoms with van der Waals surface area (Å²) in [5.74, 6) is 0. The predicted molar refractivity (Wildman–Crippen MR) is 112 cm³/mol. The lowest BCUT2D eigenvalue weighted by Crippen LogP contribution is -2.15. The van der Waals surface area contributed by atoms with Crippen molar-refractivity contribution in [2.24, 2.45) is 0 Å². The molecule has 0 nitrogen and oxygen atoms in total. The van der Waals surface area contributed by atoms with E-state index in [9.17, 15) is 0 Å². The minimum Gasteiger partial charge on any atom is -0.0698 e. The minimum absolute atomic E-state index is 0.153. The van der Waals surface area contributed by atoms with Crippen LogP contribution in [-0.2, 0) is 5.41 Å². The maximum atomic E-state index is 2.38. The van der Waals surface area contributed by atoms with Crippen LogP contribution < -0.4 is 0 Å². The Morgan fingerprint density at radius 2 is 1.08 bits per heavy atom. The first kappa shape index (κ1) is 16.4. The van der Waals surface area contributed by atoms with Crippen molar-refractivity contribution >= 4 is 11.1 Å². The molecule has 0 heterocycles. The van der Waals surface area contributed by atoms with Crippen molar-refractivity contribution in [3.8, 4) is 0 Å². The van der Waals surface area contributed by atoms with E-state index in [1.54, 1.807) is 0 Å². The summed E-state index contributed by atoms with van der Waals surface area (Å²) >= 11 is 0. The molecule has 26 heavy (non-hydrogen) atoms. The summed E-state index contributed by atoms with van der Waals surface area (Å²) in [6, 6.07) is 31.9. The van der Waals surface area contributed by atoms with Gasteiger partial charge in [0, 0.05) is 5.41 Å². The van der Waals surface area contributed by atoms with Crippen LogP contribution in [0, 0.1) is 0 Å². The van der Waals surface area contributed by atoms with Crippen molar-refractivity contribution < 1.29 is 0 Å². The standard InChI is InChI=1S/C26H22/c1-26(25-15-9-4-10-16-25)18-17-23(21-11-5-2-6-12-21)19-24(20-26)22-13-7-3-8-14-22/h2-20H,1H3. The van der Waals surface area contributed by atoms with Gasteiger partial charge in [0.2, 0.25) is 0 Å². The van der Waals surface area contributed by atoms with Crippen LogP contribution in [0.2, 0.25) is 0 Å². The average Bonchev–Trinajstić information content (AvgIpc) is 2.90. The minimum atomic E-state index is -0.153. The Morgan fingerprint density at radius 3 is 1.65 bits per heavy atom. The van der Waals surface area contributed by atoms with Crippen LogP contribution in [0.25, 0.3) is 11.1 Å². The summed E-state index contributed by atoms with van der Waals surface area (Å²) in [4.78, 5) is 0. The van der Waals surface area contributed by atoms with Crippen LogP contribution in [-0.4, -0.2) is 0 Å². The molecule has 0 heteroatoms. The first-order valence-corrected chi connectivity index (χ1v) is 9.05. The maximum Gasteiger partial charge on any atom is 0.0296 e. The van der Waals surface area contributed by atoms with E-state index in [4.69, 9.17) is 0 Å². The van der Waals surface area contributed by atoms with E-state index < -0.39 is 0 Å². The molecular weight excluding hydrogens is 312 g/mol. The van der Waals surface area contributed by atoms with Crippen LogP contribution in [0.15, 0.2) is 115 Å². The van der Waals surface area contributed by atoms with Gasteiger partial charge >= 0.3 is 0 Å². The highest BCUT2D eigenvalue weighted by Crippen LogP contribution is 2.36. The van der Waals surface area contributed by atoms with Gasteiger partial charge in [-0.2, -0.15) is 0 Å². The summed E-state index contributed by atoms with van der Waals surface area (Å²) in [5.41, 5.74) is 6.11. The van der Waals surface area contributed by atoms with E-state index in [0.717, 1.165) is 0 Å². The number of allylic oxidation sites excluding steroid dienone is 6. The van der Waals surface area contributed by atoms with Gasteiger partial charge < -0.3 is 0 Å². The van der Waals surface area contributed by atoms with Gasteiger partial charge in [0.05, 0.1) is 0 Å². The third-order valence-electron chi connectivity index (χ3n) is 4.99. The average molecular weight is 334 g/mol. The zero-order valence-electron chi connectivity index (χ0n) is 15.0. The third-order valence-corrected chi connectivity index (χ3v) is 4.99. The molecule has 1 unspecified atom stereocenters. The number of benzene rings is 3. The Hall–Kier alpha value is -3.12. The van der Waals surface area contributed by atoms with Gasteiger partial charge in [-0.15, -0.1) is 0 Å². The molecular formula is C26H22. The van der Waals surface area contributed by atoms with Crippen molar-refractivity contribution in [3.05, 3.63) is 132 Å². The molecule has 0 N–H and O–H groups in total. The van der Waals surface area contributed by atoms with Gasteiger partial charge in [0.15, 0.2) is 0 Å². The Kier molecular flexibility index (Phi) is 4.41. The van der Waals surface area contributed by atoms with E-state index in [0.29, 0.717) is 0 Å². The molecule has 0 amide bonds. The van der Waals surface area contributed by atoms with Gasteiger partial charge in [-0.3, -0.25) is 0 Å². The molecule has 126 valence electrons. The van der Waals surface area contributed by atoms with Crippen molar-refractivity contribution in [2.45, 2.75) is 12.3 Å². The second kappa shape index (κ2) is 7.01. The Morgan fingerprint density at radius 1 is 0.577 bits per heavy atom. The molecule has 0 saturated carbocycles. The van der Waals surface area contributed by atoms with Crippen LogP contribution in [0.4, 0.5) is 0 Å². The van der Waals surface area contributed by atoms with Crippen LogP contribution in [0.1, 0.15) is 23.6 Å².